The first-order valence-corrected chi connectivity index (χ1v) is 6.23. The summed E-state index contributed by atoms with van der Waals surface area (Å²) in [6.07, 6.45) is 7.46. The first-order chi connectivity index (χ1) is 7.68. The summed E-state index contributed by atoms with van der Waals surface area (Å²) in [5.41, 5.74) is 6.30. The second kappa shape index (κ2) is 5.02. The van der Waals surface area contributed by atoms with E-state index in [2.05, 4.69) is 12.2 Å². The van der Waals surface area contributed by atoms with Gasteiger partial charge in [-0.2, -0.15) is 0 Å². The maximum absolute atomic E-state index is 6.17. The van der Waals surface area contributed by atoms with Crippen LogP contribution >= 0.6 is 0 Å². The molecule has 1 aliphatic carbocycles. The SMILES string of the molecule is CC(Cc1ccco1)NCCC1(N)CCC1. The zero-order valence-corrected chi connectivity index (χ0v) is 10.0. The summed E-state index contributed by atoms with van der Waals surface area (Å²) < 4.78 is 5.32. The Morgan fingerprint density at radius 2 is 2.38 bits per heavy atom. The number of nitrogens with two attached hydrogens (primary N) is 1. The molecule has 1 unspecified atom stereocenters. The molecule has 0 aromatic carbocycles. The fourth-order valence-corrected chi connectivity index (χ4v) is 2.25. The molecule has 0 spiro atoms. The standard InChI is InChI=1S/C13H22N2O/c1-11(10-12-4-2-9-16-12)15-8-7-13(14)5-3-6-13/h2,4,9,11,15H,3,5-8,10,14H2,1H3. The van der Waals surface area contributed by atoms with Crippen LogP contribution in [-0.4, -0.2) is 18.1 Å². The van der Waals surface area contributed by atoms with E-state index < -0.39 is 0 Å². The highest BCUT2D eigenvalue weighted by atomic mass is 16.3. The van der Waals surface area contributed by atoms with Crippen LogP contribution in [0.3, 0.4) is 0 Å². The lowest BCUT2D eigenvalue weighted by Gasteiger charge is -2.38. The molecule has 3 nitrogen and oxygen atoms in total. The number of nitrogens with one attached hydrogen (secondary N) is 1. The van der Waals surface area contributed by atoms with Crippen molar-refractivity contribution >= 4 is 0 Å². The molecule has 1 heterocycles. The second-order valence-corrected chi connectivity index (χ2v) is 5.10. The Bertz CT molecular complexity index is 304. The molecule has 3 heteroatoms. The third-order valence-electron chi connectivity index (χ3n) is 3.55. The monoisotopic (exact) mass is 222 g/mol. The molecule has 1 aliphatic rings. The average Bonchev–Trinajstić information content (AvgIpc) is 2.68. The van der Waals surface area contributed by atoms with Gasteiger partial charge in [-0.25, -0.2) is 0 Å². The highest BCUT2D eigenvalue weighted by molar-refractivity contribution is 5.00. The van der Waals surface area contributed by atoms with Gasteiger partial charge in [-0.05, 0) is 51.3 Å². The molecule has 0 amide bonds. The van der Waals surface area contributed by atoms with Gasteiger partial charge >= 0.3 is 0 Å². The summed E-state index contributed by atoms with van der Waals surface area (Å²) in [4.78, 5) is 0. The molecule has 2 rings (SSSR count). The molecule has 3 N–H and O–H groups in total. The number of furan rings is 1. The van der Waals surface area contributed by atoms with Gasteiger partial charge in [0.2, 0.25) is 0 Å². The highest BCUT2D eigenvalue weighted by Gasteiger charge is 2.31. The van der Waals surface area contributed by atoms with E-state index in [4.69, 9.17) is 10.2 Å². The van der Waals surface area contributed by atoms with Gasteiger partial charge in [0, 0.05) is 18.0 Å². The van der Waals surface area contributed by atoms with Crippen LogP contribution in [0.15, 0.2) is 22.8 Å². The summed E-state index contributed by atoms with van der Waals surface area (Å²) in [5.74, 6) is 1.05. The Balaban J connectivity index is 1.62. The fraction of sp³-hybridized carbons (Fsp3) is 0.692. The summed E-state index contributed by atoms with van der Waals surface area (Å²) in [7, 11) is 0. The lowest BCUT2D eigenvalue weighted by Crippen LogP contribution is -2.49. The van der Waals surface area contributed by atoms with Crippen molar-refractivity contribution in [3.63, 3.8) is 0 Å². The van der Waals surface area contributed by atoms with Gasteiger partial charge in [0.15, 0.2) is 0 Å². The summed E-state index contributed by atoms with van der Waals surface area (Å²) in [5, 5.41) is 3.51. The van der Waals surface area contributed by atoms with Crippen molar-refractivity contribution in [1.29, 1.82) is 0 Å². The van der Waals surface area contributed by atoms with Gasteiger partial charge in [0.25, 0.3) is 0 Å². The van der Waals surface area contributed by atoms with E-state index >= 15 is 0 Å². The molecular formula is C13H22N2O. The molecule has 1 aromatic rings. The Kier molecular flexibility index (Phi) is 3.66. The first kappa shape index (κ1) is 11.7. The van der Waals surface area contributed by atoms with Crippen LogP contribution < -0.4 is 11.1 Å². The minimum Gasteiger partial charge on any atom is -0.469 e. The molecule has 1 atom stereocenters. The Hall–Kier alpha value is -0.800. The maximum Gasteiger partial charge on any atom is 0.105 e. The third-order valence-corrected chi connectivity index (χ3v) is 3.55. The van der Waals surface area contributed by atoms with Crippen LogP contribution in [0.25, 0.3) is 0 Å². The topological polar surface area (TPSA) is 51.2 Å². The third kappa shape index (κ3) is 3.09. The van der Waals surface area contributed by atoms with Gasteiger partial charge in [-0.15, -0.1) is 0 Å². The number of hydrogen-bond acceptors (Lipinski definition) is 3. The Morgan fingerprint density at radius 3 is 2.94 bits per heavy atom. The van der Waals surface area contributed by atoms with Gasteiger partial charge in [0.05, 0.1) is 6.26 Å². The van der Waals surface area contributed by atoms with E-state index in [9.17, 15) is 0 Å². The summed E-state index contributed by atoms with van der Waals surface area (Å²) >= 11 is 0. The van der Waals surface area contributed by atoms with Crippen molar-refractivity contribution in [3.05, 3.63) is 24.2 Å². The van der Waals surface area contributed by atoms with Crippen molar-refractivity contribution in [3.8, 4) is 0 Å². The van der Waals surface area contributed by atoms with Crippen LogP contribution in [0.2, 0.25) is 0 Å². The quantitative estimate of drug-likeness (QED) is 0.774. The van der Waals surface area contributed by atoms with Crippen LogP contribution in [0.5, 0.6) is 0 Å². The van der Waals surface area contributed by atoms with Crippen molar-refractivity contribution in [2.24, 2.45) is 5.73 Å². The largest absolute Gasteiger partial charge is 0.469 e. The molecule has 1 aromatic heterocycles. The van der Waals surface area contributed by atoms with Crippen molar-refractivity contribution in [1.82, 2.24) is 5.32 Å². The molecule has 0 saturated heterocycles. The predicted octanol–water partition coefficient (Wildman–Crippen LogP) is 2.07. The Morgan fingerprint density at radius 1 is 1.56 bits per heavy atom. The van der Waals surface area contributed by atoms with E-state index in [-0.39, 0.29) is 5.54 Å². The zero-order chi connectivity index (χ0) is 11.4. The lowest BCUT2D eigenvalue weighted by atomic mass is 9.75. The van der Waals surface area contributed by atoms with Crippen molar-refractivity contribution < 1.29 is 4.42 Å². The smallest absolute Gasteiger partial charge is 0.105 e. The van der Waals surface area contributed by atoms with Gasteiger partial charge in [0.1, 0.15) is 5.76 Å². The molecule has 0 radical (unpaired) electrons. The van der Waals surface area contributed by atoms with Gasteiger partial charge in [-0.1, -0.05) is 0 Å². The Labute approximate surface area is 97.4 Å². The molecule has 0 aliphatic heterocycles. The van der Waals surface area contributed by atoms with E-state index in [0.717, 1.165) is 25.1 Å². The first-order valence-electron chi connectivity index (χ1n) is 6.23. The molecular weight excluding hydrogens is 200 g/mol. The zero-order valence-electron chi connectivity index (χ0n) is 10.0. The molecule has 1 saturated carbocycles. The van der Waals surface area contributed by atoms with E-state index in [1.54, 1.807) is 6.26 Å². The fourth-order valence-electron chi connectivity index (χ4n) is 2.25. The minimum atomic E-state index is 0.136. The predicted molar refractivity (Wildman–Crippen MR) is 65.3 cm³/mol. The number of rotatable bonds is 6. The normalized spacial score (nSPS) is 20.4. The second-order valence-electron chi connectivity index (χ2n) is 5.10. The van der Waals surface area contributed by atoms with Crippen molar-refractivity contribution in [2.75, 3.05) is 6.54 Å². The maximum atomic E-state index is 6.17. The van der Waals surface area contributed by atoms with E-state index in [1.807, 2.05) is 12.1 Å². The molecule has 16 heavy (non-hydrogen) atoms. The van der Waals surface area contributed by atoms with Gasteiger partial charge < -0.3 is 15.5 Å². The molecule has 0 bridgehead atoms. The van der Waals surface area contributed by atoms with Crippen molar-refractivity contribution in [2.45, 2.75) is 50.6 Å². The summed E-state index contributed by atoms with van der Waals surface area (Å²) in [6, 6.07) is 4.41. The van der Waals surface area contributed by atoms with E-state index in [1.165, 1.54) is 19.3 Å². The van der Waals surface area contributed by atoms with Crippen LogP contribution in [-0.2, 0) is 6.42 Å². The van der Waals surface area contributed by atoms with Crippen LogP contribution in [0.1, 0.15) is 38.4 Å². The van der Waals surface area contributed by atoms with Gasteiger partial charge in [-0.3, -0.25) is 0 Å². The highest BCUT2D eigenvalue weighted by Crippen LogP contribution is 2.31. The van der Waals surface area contributed by atoms with E-state index in [0.29, 0.717) is 6.04 Å². The van der Waals surface area contributed by atoms with Crippen LogP contribution in [0, 0.1) is 0 Å². The summed E-state index contributed by atoms with van der Waals surface area (Å²) in [6.45, 7) is 3.20. The molecule has 1 fully saturated rings. The van der Waals surface area contributed by atoms with Crippen LogP contribution in [0.4, 0.5) is 0 Å². The lowest BCUT2D eigenvalue weighted by molar-refractivity contribution is 0.227. The average molecular weight is 222 g/mol. The minimum absolute atomic E-state index is 0.136. The number of hydrogen-bond donors (Lipinski definition) is 2. The molecule has 90 valence electrons.